The number of unbranched alkanes of at least 4 members (excludes halogenated alkanes) is 1. The van der Waals surface area contributed by atoms with Gasteiger partial charge in [0.1, 0.15) is 11.9 Å². The highest BCUT2D eigenvalue weighted by atomic mass is 35.5. The second-order valence-corrected chi connectivity index (χ2v) is 5.89. The maximum Gasteiger partial charge on any atom is 0.331 e. The summed E-state index contributed by atoms with van der Waals surface area (Å²) in [5, 5.41) is 20.2. The number of benzene rings is 1. The highest BCUT2D eigenvalue weighted by Crippen LogP contribution is 2.30. The van der Waals surface area contributed by atoms with Crippen LogP contribution in [0.2, 0.25) is 5.02 Å². The normalized spacial score (nSPS) is 11.2. The van der Waals surface area contributed by atoms with Gasteiger partial charge < -0.3 is 9.84 Å². The molecule has 0 saturated carbocycles. The zero-order chi connectivity index (χ0) is 19.1. The summed E-state index contributed by atoms with van der Waals surface area (Å²) in [5.74, 6) is -0.476. The molecule has 0 bridgehead atoms. The fourth-order valence-corrected chi connectivity index (χ4v) is 2.38. The van der Waals surface area contributed by atoms with E-state index in [0.29, 0.717) is 23.3 Å². The predicted octanol–water partition coefficient (Wildman–Crippen LogP) is 5.09. The van der Waals surface area contributed by atoms with Crippen LogP contribution in [0.4, 0.5) is 5.69 Å². The molecule has 2 aromatic rings. The van der Waals surface area contributed by atoms with Crippen molar-refractivity contribution in [2.75, 3.05) is 0 Å². The van der Waals surface area contributed by atoms with E-state index >= 15 is 0 Å². The third-order valence-corrected chi connectivity index (χ3v) is 3.81. The lowest BCUT2D eigenvalue weighted by Crippen LogP contribution is -2.00. The summed E-state index contributed by atoms with van der Waals surface area (Å²) >= 11 is 6.19. The Morgan fingerprint density at radius 3 is 2.69 bits per heavy atom. The van der Waals surface area contributed by atoms with Crippen molar-refractivity contribution >= 4 is 29.3 Å². The molecule has 0 aliphatic carbocycles. The molecule has 136 valence electrons. The van der Waals surface area contributed by atoms with Gasteiger partial charge in [-0.2, -0.15) is 0 Å². The van der Waals surface area contributed by atoms with Crippen LogP contribution in [-0.4, -0.2) is 21.0 Å². The standard InChI is InChI=1S/C18H17ClN2O5/c1-2-3-4-13(18(22)23)9-12-5-7-16(15(19)10-12)26-17-8-6-14(11-20-17)21(24)25/h5-11H,2-4H2,1H3,(H,22,23). The molecule has 26 heavy (non-hydrogen) atoms. The zero-order valence-corrected chi connectivity index (χ0v) is 14.8. The molecular weight excluding hydrogens is 360 g/mol. The number of pyridine rings is 1. The van der Waals surface area contributed by atoms with Crippen LogP contribution in [0.25, 0.3) is 6.08 Å². The summed E-state index contributed by atoms with van der Waals surface area (Å²) in [6.45, 7) is 1.99. The molecule has 0 unspecified atom stereocenters. The van der Waals surface area contributed by atoms with E-state index in [1.165, 1.54) is 12.1 Å². The summed E-state index contributed by atoms with van der Waals surface area (Å²) in [6, 6.07) is 7.52. The van der Waals surface area contributed by atoms with Gasteiger partial charge in [0, 0.05) is 17.7 Å². The maximum atomic E-state index is 11.3. The number of nitrogens with zero attached hydrogens (tertiary/aromatic N) is 2. The van der Waals surface area contributed by atoms with E-state index < -0.39 is 10.9 Å². The minimum absolute atomic E-state index is 0.141. The van der Waals surface area contributed by atoms with Crippen LogP contribution in [-0.2, 0) is 4.79 Å². The van der Waals surface area contributed by atoms with Crippen molar-refractivity contribution < 1.29 is 19.6 Å². The number of carbonyl (C=O) groups is 1. The number of hydrogen-bond acceptors (Lipinski definition) is 5. The summed E-state index contributed by atoms with van der Waals surface area (Å²) in [7, 11) is 0. The first-order chi connectivity index (χ1) is 12.4. The van der Waals surface area contributed by atoms with Crippen LogP contribution < -0.4 is 4.74 Å². The molecule has 1 aromatic heterocycles. The average Bonchev–Trinajstić information content (AvgIpc) is 2.61. The van der Waals surface area contributed by atoms with Gasteiger partial charge in [-0.1, -0.05) is 31.0 Å². The number of aliphatic carboxylic acids is 1. The lowest BCUT2D eigenvalue weighted by molar-refractivity contribution is -0.385. The van der Waals surface area contributed by atoms with Crippen LogP contribution >= 0.6 is 11.6 Å². The Hall–Kier alpha value is -2.93. The number of ether oxygens (including phenoxy) is 1. The van der Waals surface area contributed by atoms with E-state index in [-0.39, 0.29) is 16.6 Å². The lowest BCUT2D eigenvalue weighted by Gasteiger charge is -2.08. The number of rotatable bonds is 8. The Bertz CT molecular complexity index is 834. The number of aromatic nitrogens is 1. The van der Waals surface area contributed by atoms with Crippen molar-refractivity contribution in [2.45, 2.75) is 26.2 Å². The van der Waals surface area contributed by atoms with Crippen molar-refractivity contribution in [1.82, 2.24) is 4.98 Å². The van der Waals surface area contributed by atoms with Crippen LogP contribution in [0.15, 0.2) is 42.1 Å². The van der Waals surface area contributed by atoms with Gasteiger partial charge in [0.15, 0.2) is 0 Å². The Labute approximate surface area is 155 Å². The second kappa shape index (κ2) is 8.96. The Morgan fingerprint density at radius 2 is 2.15 bits per heavy atom. The Kier molecular flexibility index (Phi) is 6.68. The zero-order valence-electron chi connectivity index (χ0n) is 14.0. The lowest BCUT2D eigenvalue weighted by atomic mass is 10.1. The van der Waals surface area contributed by atoms with Crippen LogP contribution in [0, 0.1) is 10.1 Å². The molecule has 0 spiro atoms. The fraction of sp³-hybridized carbons (Fsp3) is 0.222. The fourth-order valence-electron chi connectivity index (χ4n) is 2.15. The highest BCUT2D eigenvalue weighted by Gasteiger charge is 2.10. The van der Waals surface area contributed by atoms with Crippen LogP contribution in [0.5, 0.6) is 11.6 Å². The first-order valence-electron chi connectivity index (χ1n) is 7.92. The number of nitro groups is 1. The van der Waals surface area contributed by atoms with E-state index in [0.717, 1.165) is 19.0 Å². The SMILES string of the molecule is CCCCC(=Cc1ccc(Oc2ccc([N+](=O)[O-])cn2)c(Cl)c1)C(=O)O. The van der Waals surface area contributed by atoms with Crippen molar-refractivity contribution in [2.24, 2.45) is 0 Å². The monoisotopic (exact) mass is 376 g/mol. The summed E-state index contributed by atoms with van der Waals surface area (Å²) in [5.41, 5.74) is 0.818. The molecule has 0 radical (unpaired) electrons. The summed E-state index contributed by atoms with van der Waals surface area (Å²) in [4.78, 5) is 25.2. The highest BCUT2D eigenvalue weighted by molar-refractivity contribution is 6.32. The smallest absolute Gasteiger partial charge is 0.331 e. The van der Waals surface area contributed by atoms with Crippen LogP contribution in [0.3, 0.4) is 0 Å². The van der Waals surface area contributed by atoms with E-state index in [1.54, 1.807) is 24.3 Å². The van der Waals surface area contributed by atoms with Gasteiger partial charge in [0.2, 0.25) is 5.88 Å². The topological polar surface area (TPSA) is 103 Å². The van der Waals surface area contributed by atoms with Gasteiger partial charge in [-0.25, -0.2) is 9.78 Å². The molecule has 1 N–H and O–H groups in total. The molecule has 8 heteroatoms. The largest absolute Gasteiger partial charge is 0.478 e. The van der Waals surface area contributed by atoms with Crippen molar-refractivity contribution in [1.29, 1.82) is 0 Å². The van der Waals surface area contributed by atoms with Crippen molar-refractivity contribution in [3.63, 3.8) is 0 Å². The van der Waals surface area contributed by atoms with E-state index in [4.69, 9.17) is 16.3 Å². The van der Waals surface area contributed by atoms with Gasteiger partial charge in [0.05, 0.1) is 9.95 Å². The summed E-state index contributed by atoms with van der Waals surface area (Å²) in [6.07, 6.45) is 4.85. The number of carboxylic acid groups (broad SMARTS) is 1. The Morgan fingerprint density at radius 1 is 1.38 bits per heavy atom. The number of halogens is 1. The van der Waals surface area contributed by atoms with Crippen molar-refractivity contribution in [3.05, 3.63) is 62.8 Å². The third-order valence-electron chi connectivity index (χ3n) is 3.52. The molecule has 0 aliphatic rings. The quantitative estimate of drug-likeness (QED) is 0.391. The Balaban J connectivity index is 2.18. The van der Waals surface area contributed by atoms with Crippen molar-refractivity contribution in [3.8, 4) is 11.6 Å². The molecule has 2 rings (SSSR count). The van der Waals surface area contributed by atoms with E-state index in [2.05, 4.69) is 4.98 Å². The predicted molar refractivity (Wildman–Crippen MR) is 97.6 cm³/mol. The first kappa shape index (κ1) is 19.4. The molecule has 1 heterocycles. The molecule has 0 fully saturated rings. The number of carboxylic acids is 1. The summed E-state index contributed by atoms with van der Waals surface area (Å²) < 4.78 is 5.51. The average molecular weight is 377 g/mol. The molecular formula is C18H17ClN2O5. The third kappa shape index (κ3) is 5.29. The molecule has 0 atom stereocenters. The maximum absolute atomic E-state index is 11.3. The molecule has 0 amide bonds. The van der Waals surface area contributed by atoms with Crippen LogP contribution in [0.1, 0.15) is 31.7 Å². The molecule has 1 aromatic carbocycles. The van der Waals surface area contributed by atoms with Gasteiger partial charge in [0.25, 0.3) is 5.69 Å². The number of hydrogen-bond donors (Lipinski definition) is 1. The van der Waals surface area contributed by atoms with E-state index in [1.807, 2.05) is 6.92 Å². The van der Waals surface area contributed by atoms with Gasteiger partial charge in [-0.3, -0.25) is 10.1 Å². The van der Waals surface area contributed by atoms with Gasteiger partial charge in [-0.05, 0) is 36.6 Å². The van der Waals surface area contributed by atoms with Gasteiger partial charge >= 0.3 is 5.97 Å². The first-order valence-corrected chi connectivity index (χ1v) is 8.30. The van der Waals surface area contributed by atoms with Gasteiger partial charge in [-0.15, -0.1) is 0 Å². The molecule has 0 saturated heterocycles. The minimum atomic E-state index is -0.954. The molecule has 7 nitrogen and oxygen atoms in total. The molecule has 0 aliphatic heterocycles. The van der Waals surface area contributed by atoms with E-state index in [9.17, 15) is 20.0 Å². The minimum Gasteiger partial charge on any atom is -0.478 e. The second-order valence-electron chi connectivity index (χ2n) is 5.48.